The third kappa shape index (κ3) is 2.73. The molecule has 1 heterocycles. The quantitative estimate of drug-likeness (QED) is 0.728. The van der Waals surface area contributed by atoms with E-state index in [0.717, 1.165) is 37.4 Å². The van der Waals surface area contributed by atoms with Crippen LogP contribution in [-0.4, -0.2) is 56.1 Å². The number of allylic oxidation sites excluding steroid dienone is 2. The van der Waals surface area contributed by atoms with Crippen LogP contribution in [0.5, 0.6) is 0 Å². The second-order valence-corrected chi connectivity index (χ2v) is 8.40. The molecule has 3 atom stereocenters. The molecule has 0 amide bonds. The van der Waals surface area contributed by atoms with Crippen molar-refractivity contribution in [3.8, 4) is 0 Å². The predicted octanol–water partition coefficient (Wildman–Crippen LogP) is 1.17. The number of hydrogen-bond acceptors (Lipinski definition) is 3. The molecule has 1 saturated carbocycles. The van der Waals surface area contributed by atoms with Crippen LogP contribution < -0.4 is 0 Å². The Morgan fingerprint density at radius 1 is 1.11 bits per heavy atom. The van der Waals surface area contributed by atoms with Gasteiger partial charge in [-0.15, -0.1) is 0 Å². The van der Waals surface area contributed by atoms with Crippen LogP contribution in [0.25, 0.3) is 0 Å². The molecule has 0 radical (unpaired) electrons. The summed E-state index contributed by atoms with van der Waals surface area (Å²) in [7, 11) is -2.98. The standard InChI is InChI=1S/C14H24N2O2S/c1-2-19(17,18)16-7-5-15(6-8-16)11-14-10-12-3-4-13(14)9-12/h3-4,12-14H,2,5-11H2,1H3/t12-,13-,14+/m0/s1. The van der Waals surface area contributed by atoms with Crippen LogP contribution in [0, 0.1) is 17.8 Å². The molecule has 0 N–H and O–H groups in total. The van der Waals surface area contributed by atoms with Crippen LogP contribution in [0.3, 0.4) is 0 Å². The van der Waals surface area contributed by atoms with Gasteiger partial charge in [-0.25, -0.2) is 8.42 Å². The molecule has 1 aliphatic heterocycles. The number of rotatable bonds is 4. The lowest BCUT2D eigenvalue weighted by Crippen LogP contribution is -2.50. The Bertz CT molecular complexity index is 452. The third-order valence-electron chi connectivity index (χ3n) is 5.00. The molecule has 0 aromatic rings. The molecule has 4 nitrogen and oxygen atoms in total. The fraction of sp³-hybridized carbons (Fsp3) is 0.857. The Morgan fingerprint density at radius 2 is 1.84 bits per heavy atom. The van der Waals surface area contributed by atoms with E-state index in [0.29, 0.717) is 13.1 Å². The van der Waals surface area contributed by atoms with E-state index in [1.165, 1.54) is 12.8 Å². The fourth-order valence-corrected chi connectivity index (χ4v) is 4.89. The van der Waals surface area contributed by atoms with Crippen LogP contribution in [0.4, 0.5) is 0 Å². The maximum Gasteiger partial charge on any atom is 0.213 e. The van der Waals surface area contributed by atoms with Crippen molar-refractivity contribution in [3.05, 3.63) is 12.2 Å². The van der Waals surface area contributed by atoms with Crippen molar-refractivity contribution < 1.29 is 8.42 Å². The zero-order chi connectivity index (χ0) is 13.5. The van der Waals surface area contributed by atoms with Crippen molar-refractivity contribution in [2.24, 2.45) is 17.8 Å². The van der Waals surface area contributed by atoms with Gasteiger partial charge in [0.2, 0.25) is 10.0 Å². The smallest absolute Gasteiger partial charge is 0.213 e. The van der Waals surface area contributed by atoms with Crippen molar-refractivity contribution in [3.63, 3.8) is 0 Å². The first kappa shape index (κ1) is 13.6. The number of nitrogens with zero attached hydrogens (tertiary/aromatic N) is 2. The highest BCUT2D eigenvalue weighted by Crippen LogP contribution is 2.43. The van der Waals surface area contributed by atoms with Crippen LogP contribution in [-0.2, 0) is 10.0 Å². The Balaban J connectivity index is 1.50. The molecule has 19 heavy (non-hydrogen) atoms. The van der Waals surface area contributed by atoms with Crippen LogP contribution in [0.15, 0.2) is 12.2 Å². The summed E-state index contributed by atoms with van der Waals surface area (Å²) in [6, 6.07) is 0. The minimum absolute atomic E-state index is 0.226. The molecule has 2 bridgehead atoms. The summed E-state index contributed by atoms with van der Waals surface area (Å²) >= 11 is 0. The van der Waals surface area contributed by atoms with Gasteiger partial charge in [-0.05, 0) is 37.5 Å². The van der Waals surface area contributed by atoms with E-state index in [9.17, 15) is 8.42 Å². The van der Waals surface area contributed by atoms with Crippen LogP contribution in [0.1, 0.15) is 19.8 Å². The summed E-state index contributed by atoms with van der Waals surface area (Å²) in [6.45, 7) is 6.03. The molecule has 1 saturated heterocycles. The minimum atomic E-state index is -2.98. The van der Waals surface area contributed by atoms with E-state index in [1.807, 2.05) is 0 Å². The van der Waals surface area contributed by atoms with E-state index in [2.05, 4.69) is 17.1 Å². The number of hydrogen-bond donors (Lipinski definition) is 0. The molecule has 2 aliphatic carbocycles. The Labute approximate surface area is 116 Å². The number of fused-ring (bicyclic) bond motifs is 2. The fourth-order valence-electron chi connectivity index (χ4n) is 3.81. The van der Waals surface area contributed by atoms with Gasteiger partial charge in [-0.3, -0.25) is 0 Å². The van der Waals surface area contributed by atoms with Gasteiger partial charge in [-0.1, -0.05) is 12.2 Å². The van der Waals surface area contributed by atoms with Gasteiger partial charge in [0, 0.05) is 32.7 Å². The van der Waals surface area contributed by atoms with Crippen LogP contribution in [0.2, 0.25) is 0 Å². The van der Waals surface area contributed by atoms with Crippen molar-refractivity contribution in [2.75, 3.05) is 38.5 Å². The zero-order valence-electron chi connectivity index (χ0n) is 11.7. The van der Waals surface area contributed by atoms with Gasteiger partial charge in [0.15, 0.2) is 0 Å². The van der Waals surface area contributed by atoms with Gasteiger partial charge in [-0.2, -0.15) is 4.31 Å². The maximum atomic E-state index is 11.8. The molecule has 5 heteroatoms. The molecule has 3 aliphatic rings. The highest BCUT2D eigenvalue weighted by Gasteiger charge is 2.37. The Kier molecular flexibility index (Phi) is 3.71. The summed E-state index contributed by atoms with van der Waals surface area (Å²) < 4.78 is 25.3. The third-order valence-corrected chi connectivity index (χ3v) is 6.88. The second-order valence-electron chi connectivity index (χ2n) is 6.14. The van der Waals surface area contributed by atoms with Gasteiger partial charge >= 0.3 is 0 Å². The van der Waals surface area contributed by atoms with Crippen molar-refractivity contribution in [1.82, 2.24) is 9.21 Å². The largest absolute Gasteiger partial charge is 0.300 e. The number of piperazine rings is 1. The van der Waals surface area contributed by atoms with Crippen molar-refractivity contribution >= 4 is 10.0 Å². The molecular weight excluding hydrogens is 260 g/mol. The molecule has 0 aromatic carbocycles. The minimum Gasteiger partial charge on any atom is -0.300 e. The topological polar surface area (TPSA) is 40.6 Å². The van der Waals surface area contributed by atoms with Crippen molar-refractivity contribution in [2.45, 2.75) is 19.8 Å². The molecule has 108 valence electrons. The van der Waals surface area contributed by atoms with Gasteiger partial charge < -0.3 is 4.90 Å². The zero-order valence-corrected chi connectivity index (χ0v) is 12.5. The average Bonchev–Trinajstić information content (AvgIpc) is 3.02. The van der Waals surface area contributed by atoms with Gasteiger partial charge in [0.1, 0.15) is 0 Å². The lowest BCUT2D eigenvalue weighted by atomic mass is 9.93. The SMILES string of the molecule is CCS(=O)(=O)N1CCN(C[C@H]2C[C@H]3C=C[C@H]2C3)CC1. The van der Waals surface area contributed by atoms with Crippen molar-refractivity contribution in [1.29, 1.82) is 0 Å². The van der Waals surface area contributed by atoms with E-state index >= 15 is 0 Å². The van der Waals surface area contributed by atoms with Gasteiger partial charge in [0.05, 0.1) is 5.75 Å². The summed E-state index contributed by atoms with van der Waals surface area (Å²) in [5, 5.41) is 0. The molecule has 3 rings (SSSR count). The Hall–Kier alpha value is -0.390. The van der Waals surface area contributed by atoms with E-state index < -0.39 is 10.0 Å². The molecule has 2 fully saturated rings. The molecule has 0 unspecified atom stereocenters. The predicted molar refractivity (Wildman–Crippen MR) is 76.3 cm³/mol. The van der Waals surface area contributed by atoms with E-state index in [4.69, 9.17) is 0 Å². The molecule has 0 aromatic heterocycles. The van der Waals surface area contributed by atoms with Crippen LogP contribution >= 0.6 is 0 Å². The monoisotopic (exact) mass is 284 g/mol. The normalized spacial score (nSPS) is 36.2. The summed E-state index contributed by atoms with van der Waals surface area (Å²) in [5.74, 6) is 2.66. The van der Waals surface area contributed by atoms with E-state index in [-0.39, 0.29) is 5.75 Å². The first-order chi connectivity index (χ1) is 9.08. The summed E-state index contributed by atoms with van der Waals surface area (Å²) in [4.78, 5) is 2.46. The highest BCUT2D eigenvalue weighted by molar-refractivity contribution is 7.89. The lowest BCUT2D eigenvalue weighted by molar-refractivity contribution is 0.156. The second kappa shape index (κ2) is 5.19. The summed E-state index contributed by atoms with van der Waals surface area (Å²) in [5.41, 5.74) is 0. The van der Waals surface area contributed by atoms with Gasteiger partial charge in [0.25, 0.3) is 0 Å². The number of sulfonamides is 1. The first-order valence-corrected chi connectivity index (χ1v) is 9.08. The summed E-state index contributed by atoms with van der Waals surface area (Å²) in [6.07, 6.45) is 7.48. The lowest BCUT2D eigenvalue weighted by Gasteiger charge is -2.36. The maximum absolute atomic E-state index is 11.8. The molecular formula is C14H24N2O2S. The van der Waals surface area contributed by atoms with E-state index in [1.54, 1.807) is 11.2 Å². The first-order valence-electron chi connectivity index (χ1n) is 7.47. The highest BCUT2D eigenvalue weighted by atomic mass is 32.2. The Morgan fingerprint density at radius 3 is 2.37 bits per heavy atom. The average molecular weight is 284 g/mol. The molecule has 0 spiro atoms.